The smallest absolute Gasteiger partial charge is 0.0324 e. The molecule has 0 bridgehead atoms. The molecule has 3 fully saturated rings. The molecule has 0 nitrogen and oxygen atoms in total. The van der Waals surface area contributed by atoms with E-state index in [2.05, 4.69) is 34.6 Å². The van der Waals surface area contributed by atoms with Gasteiger partial charge in [-0.15, -0.1) is 0 Å². The summed E-state index contributed by atoms with van der Waals surface area (Å²) in [4.78, 5) is 0. The minimum Gasteiger partial charge on any atom is -0.0654 e. The highest BCUT2D eigenvalue weighted by molar-refractivity contribution is 5.02. The van der Waals surface area contributed by atoms with Gasteiger partial charge in [0.05, 0.1) is 0 Å². The van der Waals surface area contributed by atoms with Gasteiger partial charge in [-0.25, -0.2) is 0 Å². The van der Waals surface area contributed by atoms with Gasteiger partial charge in [0, 0.05) is 0 Å². The molecule has 0 spiro atoms. The van der Waals surface area contributed by atoms with Crippen molar-refractivity contribution in [3.63, 3.8) is 0 Å². The summed E-state index contributed by atoms with van der Waals surface area (Å²) in [7, 11) is 0. The summed E-state index contributed by atoms with van der Waals surface area (Å²) in [6, 6.07) is 0. The second-order valence-corrected chi connectivity index (χ2v) is 11.4. The van der Waals surface area contributed by atoms with Gasteiger partial charge in [0.2, 0.25) is 0 Å². The molecule has 0 radical (unpaired) electrons. The fourth-order valence-electron chi connectivity index (χ4n) is 8.75. The molecule has 0 aromatic rings. The van der Waals surface area contributed by atoms with E-state index in [1.54, 1.807) is 25.7 Å². The van der Waals surface area contributed by atoms with Crippen molar-refractivity contribution in [2.24, 2.45) is 53.3 Å². The van der Waals surface area contributed by atoms with Crippen molar-refractivity contribution < 1.29 is 0 Å². The van der Waals surface area contributed by atoms with Crippen molar-refractivity contribution in [3.8, 4) is 0 Å². The molecular weight excluding hydrogens is 336 g/mol. The molecule has 3 aliphatic carbocycles. The van der Waals surface area contributed by atoms with Crippen molar-refractivity contribution in [1.82, 2.24) is 0 Å². The van der Waals surface area contributed by atoms with E-state index < -0.39 is 0 Å². The summed E-state index contributed by atoms with van der Waals surface area (Å²) in [5.41, 5.74) is 0. The van der Waals surface area contributed by atoms with Crippen molar-refractivity contribution in [3.05, 3.63) is 0 Å². The maximum absolute atomic E-state index is 2.65. The predicted octanol–water partition coefficient (Wildman–Crippen LogP) is 9.13. The second-order valence-electron chi connectivity index (χ2n) is 11.4. The van der Waals surface area contributed by atoms with Gasteiger partial charge in [0.25, 0.3) is 0 Å². The molecule has 8 unspecified atom stereocenters. The van der Waals surface area contributed by atoms with Crippen molar-refractivity contribution in [2.45, 2.75) is 125 Å². The Balaban J connectivity index is 1.80. The van der Waals surface area contributed by atoms with Crippen LogP contribution in [0.4, 0.5) is 0 Å². The Morgan fingerprint density at radius 1 is 0.786 bits per heavy atom. The van der Waals surface area contributed by atoms with E-state index in [4.69, 9.17) is 0 Å². The highest BCUT2D eigenvalue weighted by atomic mass is 14.6. The lowest BCUT2D eigenvalue weighted by molar-refractivity contribution is -0.106. The van der Waals surface area contributed by atoms with E-state index in [0.717, 1.165) is 53.3 Å². The molecule has 164 valence electrons. The van der Waals surface area contributed by atoms with E-state index in [1.807, 2.05) is 0 Å². The van der Waals surface area contributed by atoms with Gasteiger partial charge in [-0.05, 0) is 78.9 Å². The van der Waals surface area contributed by atoms with Gasteiger partial charge in [0.15, 0.2) is 0 Å². The van der Waals surface area contributed by atoms with Gasteiger partial charge >= 0.3 is 0 Å². The SMILES string of the molecule is CCCC(C)CCCC1C2CCCCC2C(C(CC)CC)C2CCCC(C)C12. The van der Waals surface area contributed by atoms with Crippen LogP contribution >= 0.6 is 0 Å². The molecule has 3 saturated carbocycles. The average Bonchev–Trinajstić information content (AvgIpc) is 2.70. The zero-order valence-corrected chi connectivity index (χ0v) is 20.1. The summed E-state index contributed by atoms with van der Waals surface area (Å²) in [6.07, 6.45) is 21.1. The topological polar surface area (TPSA) is 0 Å². The summed E-state index contributed by atoms with van der Waals surface area (Å²) >= 11 is 0. The lowest BCUT2D eigenvalue weighted by Crippen LogP contribution is -2.52. The summed E-state index contributed by atoms with van der Waals surface area (Å²) in [6.45, 7) is 12.5. The molecule has 0 saturated heterocycles. The van der Waals surface area contributed by atoms with Gasteiger partial charge in [0.1, 0.15) is 0 Å². The Kier molecular flexibility index (Phi) is 8.79. The fourth-order valence-corrected chi connectivity index (χ4v) is 8.75. The van der Waals surface area contributed by atoms with Crippen LogP contribution in [0.25, 0.3) is 0 Å². The Labute approximate surface area is 178 Å². The van der Waals surface area contributed by atoms with Crippen molar-refractivity contribution in [2.75, 3.05) is 0 Å². The fraction of sp³-hybridized carbons (Fsp3) is 1.00. The van der Waals surface area contributed by atoms with E-state index in [0.29, 0.717) is 0 Å². The molecule has 0 aromatic carbocycles. The summed E-state index contributed by atoms with van der Waals surface area (Å²) in [5, 5.41) is 0. The number of rotatable bonds is 9. The van der Waals surface area contributed by atoms with Crippen LogP contribution < -0.4 is 0 Å². The van der Waals surface area contributed by atoms with E-state index in [9.17, 15) is 0 Å². The largest absolute Gasteiger partial charge is 0.0654 e. The molecule has 0 heterocycles. The molecule has 0 heteroatoms. The summed E-state index contributed by atoms with van der Waals surface area (Å²) < 4.78 is 0. The first-order valence-corrected chi connectivity index (χ1v) is 13.6. The van der Waals surface area contributed by atoms with Crippen molar-refractivity contribution in [1.29, 1.82) is 0 Å². The maximum Gasteiger partial charge on any atom is -0.0324 e. The zero-order chi connectivity index (χ0) is 20.1. The third-order valence-corrected chi connectivity index (χ3v) is 9.87. The predicted molar refractivity (Wildman–Crippen MR) is 124 cm³/mol. The van der Waals surface area contributed by atoms with Crippen LogP contribution in [0.1, 0.15) is 125 Å². The lowest BCUT2D eigenvalue weighted by Gasteiger charge is -2.59. The monoisotopic (exact) mass is 388 g/mol. The van der Waals surface area contributed by atoms with Crippen LogP contribution in [0.2, 0.25) is 0 Å². The average molecular weight is 389 g/mol. The Morgan fingerprint density at radius 2 is 1.46 bits per heavy atom. The number of hydrogen-bond acceptors (Lipinski definition) is 0. The Morgan fingerprint density at radius 3 is 2.14 bits per heavy atom. The van der Waals surface area contributed by atoms with Crippen molar-refractivity contribution >= 4 is 0 Å². The van der Waals surface area contributed by atoms with Crippen LogP contribution in [0.5, 0.6) is 0 Å². The van der Waals surface area contributed by atoms with Gasteiger partial charge < -0.3 is 0 Å². The quantitative estimate of drug-likeness (QED) is 0.369. The van der Waals surface area contributed by atoms with Crippen LogP contribution in [-0.2, 0) is 0 Å². The highest BCUT2D eigenvalue weighted by Gasteiger charge is 2.53. The van der Waals surface area contributed by atoms with Crippen LogP contribution in [0.3, 0.4) is 0 Å². The molecule has 0 aliphatic heterocycles. The first-order chi connectivity index (χ1) is 13.6. The third kappa shape index (κ3) is 4.83. The molecule has 3 aliphatic rings. The normalized spacial score (nSPS) is 39.4. The van der Waals surface area contributed by atoms with Gasteiger partial charge in [-0.2, -0.15) is 0 Å². The van der Waals surface area contributed by atoms with Gasteiger partial charge in [-0.1, -0.05) is 98.8 Å². The maximum atomic E-state index is 2.65. The molecule has 28 heavy (non-hydrogen) atoms. The van der Waals surface area contributed by atoms with E-state index in [-0.39, 0.29) is 0 Å². The van der Waals surface area contributed by atoms with Crippen LogP contribution in [-0.4, -0.2) is 0 Å². The number of hydrogen-bond donors (Lipinski definition) is 0. The third-order valence-electron chi connectivity index (χ3n) is 9.87. The highest BCUT2D eigenvalue weighted by Crippen LogP contribution is 2.60. The molecule has 0 amide bonds. The Bertz CT molecular complexity index is 435. The van der Waals surface area contributed by atoms with E-state index >= 15 is 0 Å². The molecule has 0 N–H and O–H groups in total. The minimum atomic E-state index is 0.952. The minimum absolute atomic E-state index is 0.952. The summed E-state index contributed by atoms with van der Waals surface area (Å²) in [5.74, 6) is 9.42. The molecule has 8 atom stereocenters. The first-order valence-electron chi connectivity index (χ1n) is 13.6. The second kappa shape index (κ2) is 10.9. The molecular formula is C28H52. The molecule has 3 rings (SSSR count). The van der Waals surface area contributed by atoms with E-state index in [1.165, 1.54) is 64.2 Å². The van der Waals surface area contributed by atoms with Crippen LogP contribution in [0.15, 0.2) is 0 Å². The Hall–Kier alpha value is 0. The zero-order valence-electron chi connectivity index (χ0n) is 20.1. The number of fused-ring (bicyclic) bond motifs is 2. The standard InChI is InChI=1S/C28H52/c1-6-13-20(4)14-11-18-24-23-16-9-10-17-25(23)28(22(7-2)8-3)26-19-12-15-21(5)27(24)26/h20-28H,6-19H2,1-5H3. The lowest BCUT2D eigenvalue weighted by atomic mass is 9.46. The van der Waals surface area contributed by atoms with Crippen LogP contribution in [0, 0.1) is 53.3 Å². The molecule has 0 aromatic heterocycles. The van der Waals surface area contributed by atoms with Gasteiger partial charge in [-0.3, -0.25) is 0 Å². The first kappa shape index (κ1) is 22.7.